The zero-order valence-corrected chi connectivity index (χ0v) is 11.8. The molecule has 0 fully saturated rings. The van der Waals surface area contributed by atoms with Gasteiger partial charge in [-0.2, -0.15) is 0 Å². The van der Waals surface area contributed by atoms with Crippen molar-refractivity contribution in [3.63, 3.8) is 0 Å². The summed E-state index contributed by atoms with van der Waals surface area (Å²) >= 11 is 12.1. The minimum absolute atomic E-state index is 0.111. The summed E-state index contributed by atoms with van der Waals surface area (Å²) in [6.07, 6.45) is 1.64. The molecule has 0 saturated heterocycles. The average Bonchev–Trinajstić information content (AvgIpc) is 2.82. The minimum atomic E-state index is -0.111. The lowest BCUT2D eigenvalue weighted by atomic mass is 10.0. The van der Waals surface area contributed by atoms with Gasteiger partial charge < -0.3 is 10.7 Å². The molecule has 0 bridgehead atoms. The quantitative estimate of drug-likeness (QED) is 0.548. The van der Waals surface area contributed by atoms with Crippen molar-refractivity contribution in [1.82, 2.24) is 4.98 Å². The van der Waals surface area contributed by atoms with Gasteiger partial charge >= 0.3 is 0 Å². The van der Waals surface area contributed by atoms with E-state index in [9.17, 15) is 4.79 Å². The molecule has 0 aliphatic heterocycles. The molecule has 0 amide bonds. The van der Waals surface area contributed by atoms with E-state index in [1.54, 1.807) is 42.6 Å². The molecule has 100 valence electrons. The van der Waals surface area contributed by atoms with Crippen LogP contribution in [0.25, 0.3) is 10.9 Å². The Balaban J connectivity index is 2.15. The van der Waals surface area contributed by atoms with Gasteiger partial charge in [0.2, 0.25) is 0 Å². The number of fused-ring (bicyclic) bond motifs is 1. The Bertz CT molecular complexity index is 807. The SMILES string of the molecule is Nc1ccc(C(=O)c2c[nH]c3cc(Cl)cc(Cl)c23)cc1. The molecule has 3 nitrogen and oxygen atoms in total. The number of benzene rings is 2. The number of aromatic nitrogens is 1. The Morgan fingerprint density at radius 2 is 1.80 bits per heavy atom. The van der Waals surface area contributed by atoms with E-state index in [0.717, 1.165) is 5.52 Å². The normalized spacial score (nSPS) is 10.9. The summed E-state index contributed by atoms with van der Waals surface area (Å²) in [5, 5.41) is 1.65. The van der Waals surface area contributed by atoms with Crippen molar-refractivity contribution in [3.05, 3.63) is 63.8 Å². The van der Waals surface area contributed by atoms with Crippen molar-refractivity contribution < 1.29 is 4.79 Å². The highest BCUT2D eigenvalue weighted by molar-refractivity contribution is 6.40. The second-order valence-electron chi connectivity index (χ2n) is 4.46. The van der Waals surface area contributed by atoms with Crippen LogP contribution in [0.3, 0.4) is 0 Å². The lowest BCUT2D eigenvalue weighted by Gasteiger charge is -2.02. The van der Waals surface area contributed by atoms with Crippen LogP contribution in [0.1, 0.15) is 15.9 Å². The van der Waals surface area contributed by atoms with Crippen LogP contribution < -0.4 is 5.73 Å². The summed E-state index contributed by atoms with van der Waals surface area (Å²) in [6.45, 7) is 0. The highest BCUT2D eigenvalue weighted by atomic mass is 35.5. The molecular weight excluding hydrogens is 295 g/mol. The summed E-state index contributed by atoms with van der Waals surface area (Å²) in [4.78, 5) is 15.5. The zero-order valence-electron chi connectivity index (χ0n) is 10.3. The smallest absolute Gasteiger partial charge is 0.195 e. The van der Waals surface area contributed by atoms with Gasteiger partial charge in [0.15, 0.2) is 5.78 Å². The number of H-pyrrole nitrogens is 1. The third-order valence-corrected chi connectivity index (χ3v) is 3.63. The van der Waals surface area contributed by atoms with Gasteiger partial charge in [-0.05, 0) is 36.4 Å². The number of ketones is 1. The van der Waals surface area contributed by atoms with Crippen molar-refractivity contribution in [2.45, 2.75) is 0 Å². The van der Waals surface area contributed by atoms with E-state index in [4.69, 9.17) is 28.9 Å². The van der Waals surface area contributed by atoms with Crippen LogP contribution in [0.5, 0.6) is 0 Å². The van der Waals surface area contributed by atoms with Gasteiger partial charge in [0.25, 0.3) is 0 Å². The fourth-order valence-electron chi connectivity index (χ4n) is 2.15. The number of nitrogens with one attached hydrogen (secondary N) is 1. The van der Waals surface area contributed by atoms with Gasteiger partial charge in [-0.1, -0.05) is 23.2 Å². The number of hydrogen-bond donors (Lipinski definition) is 2. The van der Waals surface area contributed by atoms with Crippen LogP contribution in [0.15, 0.2) is 42.6 Å². The Labute approximate surface area is 125 Å². The zero-order chi connectivity index (χ0) is 14.3. The van der Waals surface area contributed by atoms with E-state index in [-0.39, 0.29) is 5.78 Å². The lowest BCUT2D eigenvalue weighted by molar-refractivity contribution is 0.104. The molecule has 0 aliphatic carbocycles. The first-order valence-electron chi connectivity index (χ1n) is 5.92. The van der Waals surface area contributed by atoms with Crippen molar-refractivity contribution in [2.24, 2.45) is 0 Å². The van der Waals surface area contributed by atoms with E-state index in [0.29, 0.717) is 32.2 Å². The molecule has 0 spiro atoms. The predicted octanol–water partition coefficient (Wildman–Crippen LogP) is 4.29. The number of carbonyl (C=O) groups is 1. The number of anilines is 1. The van der Waals surface area contributed by atoms with E-state index < -0.39 is 0 Å². The number of halogens is 2. The van der Waals surface area contributed by atoms with Gasteiger partial charge in [0.05, 0.1) is 5.02 Å². The van der Waals surface area contributed by atoms with Crippen LogP contribution in [0, 0.1) is 0 Å². The first kappa shape index (κ1) is 13.0. The van der Waals surface area contributed by atoms with Gasteiger partial charge in [0.1, 0.15) is 0 Å². The maximum Gasteiger partial charge on any atom is 0.195 e. The first-order chi connectivity index (χ1) is 9.56. The summed E-state index contributed by atoms with van der Waals surface area (Å²) in [5.74, 6) is -0.111. The number of nitrogens with two attached hydrogens (primary N) is 1. The molecule has 0 unspecified atom stereocenters. The topological polar surface area (TPSA) is 58.9 Å². The molecule has 2 aromatic carbocycles. The Morgan fingerprint density at radius 3 is 2.50 bits per heavy atom. The number of nitrogen functional groups attached to an aromatic ring is 1. The molecule has 0 atom stereocenters. The largest absolute Gasteiger partial charge is 0.399 e. The number of rotatable bonds is 2. The molecule has 3 rings (SSSR count). The Kier molecular flexibility index (Phi) is 3.16. The highest BCUT2D eigenvalue weighted by Crippen LogP contribution is 2.31. The van der Waals surface area contributed by atoms with Crippen LogP contribution in [0.4, 0.5) is 5.69 Å². The molecule has 0 aliphatic rings. The maximum atomic E-state index is 12.5. The minimum Gasteiger partial charge on any atom is -0.399 e. The summed E-state index contributed by atoms with van der Waals surface area (Å²) in [6, 6.07) is 10.1. The van der Waals surface area contributed by atoms with Crippen LogP contribution in [-0.4, -0.2) is 10.8 Å². The van der Waals surface area contributed by atoms with E-state index in [2.05, 4.69) is 4.98 Å². The average molecular weight is 305 g/mol. The Morgan fingerprint density at radius 1 is 1.10 bits per heavy atom. The second-order valence-corrected chi connectivity index (χ2v) is 5.31. The monoisotopic (exact) mass is 304 g/mol. The molecule has 20 heavy (non-hydrogen) atoms. The third kappa shape index (κ3) is 2.15. The summed E-state index contributed by atoms with van der Waals surface area (Å²) in [5.41, 5.74) is 8.06. The molecule has 0 saturated carbocycles. The van der Waals surface area contributed by atoms with E-state index in [1.807, 2.05) is 0 Å². The molecule has 0 radical (unpaired) electrons. The molecular formula is C15H10Cl2N2O. The van der Waals surface area contributed by atoms with Crippen LogP contribution >= 0.6 is 23.2 Å². The Hall–Kier alpha value is -1.97. The van der Waals surface area contributed by atoms with Crippen LogP contribution in [0.2, 0.25) is 10.0 Å². The maximum absolute atomic E-state index is 12.5. The fourth-order valence-corrected chi connectivity index (χ4v) is 2.75. The predicted molar refractivity (Wildman–Crippen MR) is 82.6 cm³/mol. The van der Waals surface area contributed by atoms with Gasteiger partial charge in [0, 0.05) is 38.9 Å². The number of hydrogen-bond acceptors (Lipinski definition) is 2. The summed E-state index contributed by atoms with van der Waals surface area (Å²) in [7, 11) is 0. The van der Waals surface area contributed by atoms with Gasteiger partial charge in [-0.25, -0.2) is 0 Å². The molecule has 3 aromatic rings. The van der Waals surface area contributed by atoms with Crippen molar-refractivity contribution in [3.8, 4) is 0 Å². The molecule has 1 heterocycles. The van der Waals surface area contributed by atoms with Gasteiger partial charge in [-0.3, -0.25) is 4.79 Å². The van der Waals surface area contributed by atoms with E-state index in [1.165, 1.54) is 0 Å². The fraction of sp³-hybridized carbons (Fsp3) is 0. The van der Waals surface area contributed by atoms with Crippen molar-refractivity contribution in [1.29, 1.82) is 0 Å². The molecule has 3 N–H and O–H groups in total. The standard InChI is InChI=1S/C15H10Cl2N2O/c16-9-5-12(17)14-11(7-19-13(14)6-9)15(20)8-1-3-10(18)4-2-8/h1-7,19H,18H2. The second kappa shape index (κ2) is 4.85. The number of aromatic amines is 1. The van der Waals surface area contributed by atoms with Crippen molar-refractivity contribution >= 4 is 45.6 Å². The first-order valence-corrected chi connectivity index (χ1v) is 6.68. The highest BCUT2D eigenvalue weighted by Gasteiger charge is 2.16. The molecule has 1 aromatic heterocycles. The lowest BCUT2D eigenvalue weighted by Crippen LogP contribution is -2.00. The van der Waals surface area contributed by atoms with E-state index >= 15 is 0 Å². The third-order valence-electron chi connectivity index (χ3n) is 3.11. The number of carbonyl (C=O) groups excluding carboxylic acids is 1. The van der Waals surface area contributed by atoms with Crippen LogP contribution in [-0.2, 0) is 0 Å². The van der Waals surface area contributed by atoms with Crippen molar-refractivity contribution in [2.75, 3.05) is 5.73 Å². The summed E-state index contributed by atoms with van der Waals surface area (Å²) < 4.78 is 0. The molecule has 5 heteroatoms. The van der Waals surface area contributed by atoms with Gasteiger partial charge in [-0.15, -0.1) is 0 Å².